The zero-order chi connectivity index (χ0) is 20.1. The molecule has 6 nitrogen and oxygen atoms in total. The highest BCUT2D eigenvalue weighted by atomic mass is 16.5. The molecule has 0 aliphatic heterocycles. The van der Waals surface area contributed by atoms with Gasteiger partial charge in [-0.15, -0.1) is 0 Å². The fourth-order valence-corrected chi connectivity index (χ4v) is 3.18. The Hall–Kier alpha value is -3.28. The van der Waals surface area contributed by atoms with E-state index in [0.29, 0.717) is 25.4 Å². The van der Waals surface area contributed by atoms with Gasteiger partial charge in [0.25, 0.3) is 5.91 Å². The van der Waals surface area contributed by atoms with E-state index in [1.807, 2.05) is 44.2 Å². The highest BCUT2D eigenvalue weighted by molar-refractivity contribution is 5.92. The molecule has 0 unspecified atom stereocenters. The zero-order valence-corrected chi connectivity index (χ0v) is 16.3. The van der Waals surface area contributed by atoms with Crippen molar-refractivity contribution >= 4 is 11.9 Å². The Balaban J connectivity index is 1.91. The lowest BCUT2D eigenvalue weighted by Gasteiger charge is -2.22. The Morgan fingerprint density at radius 1 is 1.07 bits per heavy atom. The third kappa shape index (κ3) is 4.17. The second kappa shape index (κ2) is 8.61. The van der Waals surface area contributed by atoms with Crippen LogP contribution in [0.4, 0.5) is 0 Å². The molecule has 0 fully saturated rings. The van der Waals surface area contributed by atoms with Crippen LogP contribution in [0.1, 0.15) is 50.4 Å². The number of hydrogen-bond acceptors (Lipinski definition) is 4. The molecule has 3 aromatic rings. The van der Waals surface area contributed by atoms with Crippen LogP contribution in [0.3, 0.4) is 0 Å². The molecule has 0 saturated carbocycles. The summed E-state index contributed by atoms with van der Waals surface area (Å²) in [6, 6.07) is 13.1. The summed E-state index contributed by atoms with van der Waals surface area (Å²) in [5, 5.41) is 0. The predicted molar refractivity (Wildman–Crippen MR) is 105 cm³/mol. The number of carbonyl (C=O) groups is 2. The fraction of sp³-hybridized carbons (Fsp3) is 0.273. The highest BCUT2D eigenvalue weighted by Gasteiger charge is 2.24. The molecule has 0 aliphatic carbocycles. The molecule has 6 heteroatoms. The van der Waals surface area contributed by atoms with Crippen molar-refractivity contribution in [3.05, 3.63) is 82.6 Å². The number of aryl methyl sites for hydroxylation is 1. The molecule has 0 saturated heterocycles. The molecular formula is C22H24N2O4. The summed E-state index contributed by atoms with van der Waals surface area (Å²) in [5.41, 5.74) is 3.98. The number of nitrogens with zero attached hydrogens (tertiary/aromatic N) is 1. The van der Waals surface area contributed by atoms with Gasteiger partial charge in [-0.3, -0.25) is 4.79 Å². The van der Waals surface area contributed by atoms with Crippen LogP contribution in [-0.4, -0.2) is 28.4 Å². The molecule has 1 N–H and O–H groups in total. The minimum atomic E-state index is -0.388. The maximum atomic E-state index is 13.0. The van der Waals surface area contributed by atoms with Gasteiger partial charge >= 0.3 is 5.97 Å². The average Bonchev–Trinajstić information content (AvgIpc) is 3.32. The molecule has 3 rings (SSSR count). The Morgan fingerprint density at radius 2 is 1.82 bits per heavy atom. The standard InChI is InChI=1S/C22H24N2O4/c1-4-27-22(26)20-15(2)18(16(3)23-20)14-24(13-17-9-6-5-7-10-17)21(25)19-11-8-12-28-19/h5-12,23H,4,13-14H2,1-3H3. The normalized spacial score (nSPS) is 10.7. The van der Waals surface area contributed by atoms with E-state index in [2.05, 4.69) is 4.98 Å². The van der Waals surface area contributed by atoms with Crippen LogP contribution in [0, 0.1) is 13.8 Å². The smallest absolute Gasteiger partial charge is 0.355 e. The number of aromatic amines is 1. The van der Waals surface area contributed by atoms with Gasteiger partial charge < -0.3 is 19.0 Å². The first kappa shape index (κ1) is 19.5. The molecule has 0 radical (unpaired) electrons. The van der Waals surface area contributed by atoms with Crippen molar-refractivity contribution in [2.45, 2.75) is 33.9 Å². The van der Waals surface area contributed by atoms with Gasteiger partial charge in [0.1, 0.15) is 5.69 Å². The van der Waals surface area contributed by atoms with Gasteiger partial charge in [0, 0.05) is 18.8 Å². The molecule has 28 heavy (non-hydrogen) atoms. The number of benzene rings is 1. The van der Waals surface area contributed by atoms with Crippen LogP contribution >= 0.6 is 0 Å². The molecule has 1 amide bonds. The first-order valence-corrected chi connectivity index (χ1v) is 9.23. The summed E-state index contributed by atoms with van der Waals surface area (Å²) >= 11 is 0. The number of hydrogen-bond donors (Lipinski definition) is 1. The van der Waals surface area contributed by atoms with Crippen LogP contribution in [0.2, 0.25) is 0 Å². The van der Waals surface area contributed by atoms with Gasteiger partial charge in [-0.25, -0.2) is 4.79 Å². The van der Waals surface area contributed by atoms with Crippen molar-refractivity contribution in [2.75, 3.05) is 6.61 Å². The number of carbonyl (C=O) groups excluding carboxylic acids is 2. The van der Waals surface area contributed by atoms with Crippen molar-refractivity contribution in [1.82, 2.24) is 9.88 Å². The Kier molecular flexibility index (Phi) is 5.99. The van der Waals surface area contributed by atoms with Crippen molar-refractivity contribution in [1.29, 1.82) is 0 Å². The molecule has 146 valence electrons. The number of aromatic nitrogens is 1. The van der Waals surface area contributed by atoms with Crippen molar-refractivity contribution < 1.29 is 18.7 Å². The number of H-pyrrole nitrogens is 1. The summed E-state index contributed by atoms with van der Waals surface area (Å²) in [6.07, 6.45) is 1.49. The topological polar surface area (TPSA) is 75.5 Å². The molecule has 0 aliphatic rings. The van der Waals surface area contributed by atoms with Gasteiger partial charge in [-0.05, 0) is 49.6 Å². The number of rotatable bonds is 7. The summed E-state index contributed by atoms with van der Waals surface area (Å²) < 4.78 is 10.4. The minimum Gasteiger partial charge on any atom is -0.461 e. The Morgan fingerprint density at radius 3 is 2.46 bits per heavy atom. The molecule has 2 heterocycles. The van der Waals surface area contributed by atoms with E-state index in [4.69, 9.17) is 9.15 Å². The van der Waals surface area contributed by atoms with E-state index >= 15 is 0 Å². The predicted octanol–water partition coefficient (Wildman–Crippen LogP) is 4.24. The molecular weight excluding hydrogens is 356 g/mol. The van der Waals surface area contributed by atoms with E-state index in [1.165, 1.54) is 6.26 Å². The number of amides is 1. The van der Waals surface area contributed by atoms with Crippen LogP contribution in [0.15, 0.2) is 53.1 Å². The van der Waals surface area contributed by atoms with E-state index in [9.17, 15) is 9.59 Å². The lowest BCUT2D eigenvalue weighted by Crippen LogP contribution is -2.30. The first-order valence-electron chi connectivity index (χ1n) is 9.23. The van der Waals surface area contributed by atoms with E-state index in [1.54, 1.807) is 24.0 Å². The lowest BCUT2D eigenvalue weighted by atomic mass is 10.1. The summed E-state index contributed by atoms with van der Waals surface area (Å²) in [7, 11) is 0. The summed E-state index contributed by atoms with van der Waals surface area (Å²) in [4.78, 5) is 30.0. The number of esters is 1. The summed E-state index contributed by atoms with van der Waals surface area (Å²) in [6.45, 7) is 6.61. The summed E-state index contributed by atoms with van der Waals surface area (Å²) in [5.74, 6) is -0.305. The number of furan rings is 1. The van der Waals surface area contributed by atoms with Crippen LogP contribution in [0.25, 0.3) is 0 Å². The average molecular weight is 380 g/mol. The third-order valence-electron chi connectivity index (χ3n) is 4.66. The fourth-order valence-electron chi connectivity index (χ4n) is 3.18. The van der Waals surface area contributed by atoms with E-state index in [0.717, 1.165) is 22.4 Å². The second-order valence-electron chi connectivity index (χ2n) is 6.57. The van der Waals surface area contributed by atoms with Crippen molar-refractivity contribution in [3.8, 4) is 0 Å². The van der Waals surface area contributed by atoms with Gasteiger partial charge in [0.05, 0.1) is 12.9 Å². The molecule has 0 spiro atoms. The quantitative estimate of drug-likeness (QED) is 0.622. The molecule has 2 aromatic heterocycles. The van der Waals surface area contributed by atoms with E-state index < -0.39 is 0 Å². The molecule has 0 atom stereocenters. The number of nitrogens with one attached hydrogen (secondary N) is 1. The van der Waals surface area contributed by atoms with Crippen LogP contribution in [0.5, 0.6) is 0 Å². The maximum absolute atomic E-state index is 13.0. The third-order valence-corrected chi connectivity index (χ3v) is 4.66. The monoisotopic (exact) mass is 380 g/mol. The SMILES string of the molecule is CCOC(=O)c1[nH]c(C)c(CN(Cc2ccccc2)C(=O)c2ccco2)c1C. The van der Waals surface area contributed by atoms with Gasteiger partial charge in [-0.1, -0.05) is 30.3 Å². The Labute approximate surface area is 164 Å². The van der Waals surface area contributed by atoms with Gasteiger partial charge in [-0.2, -0.15) is 0 Å². The Bertz CT molecular complexity index is 943. The van der Waals surface area contributed by atoms with Gasteiger partial charge in [0.2, 0.25) is 0 Å². The first-order chi connectivity index (χ1) is 13.5. The largest absolute Gasteiger partial charge is 0.461 e. The number of ether oxygens (including phenoxy) is 1. The van der Waals surface area contributed by atoms with Crippen LogP contribution < -0.4 is 0 Å². The minimum absolute atomic E-state index is 0.202. The second-order valence-corrected chi connectivity index (χ2v) is 6.57. The zero-order valence-electron chi connectivity index (χ0n) is 16.3. The van der Waals surface area contributed by atoms with Crippen molar-refractivity contribution in [2.24, 2.45) is 0 Å². The van der Waals surface area contributed by atoms with E-state index in [-0.39, 0.29) is 17.6 Å². The van der Waals surface area contributed by atoms with Gasteiger partial charge in [0.15, 0.2) is 5.76 Å². The maximum Gasteiger partial charge on any atom is 0.355 e. The lowest BCUT2D eigenvalue weighted by molar-refractivity contribution is 0.0519. The highest BCUT2D eigenvalue weighted by Crippen LogP contribution is 2.23. The molecule has 0 bridgehead atoms. The van der Waals surface area contributed by atoms with Crippen LogP contribution in [-0.2, 0) is 17.8 Å². The molecule has 1 aromatic carbocycles. The van der Waals surface area contributed by atoms with Crippen molar-refractivity contribution in [3.63, 3.8) is 0 Å².